The zero-order chi connectivity index (χ0) is 16.6. The lowest BCUT2D eigenvalue weighted by Crippen LogP contribution is -2.18. The smallest absolute Gasteiger partial charge is 0.182 e. The summed E-state index contributed by atoms with van der Waals surface area (Å²) in [6.07, 6.45) is 5.39. The summed E-state index contributed by atoms with van der Waals surface area (Å²) in [7, 11) is 0. The minimum Gasteiger partial charge on any atom is -0.447 e. The van der Waals surface area contributed by atoms with Crippen molar-refractivity contribution in [3.05, 3.63) is 54.7 Å². The maximum Gasteiger partial charge on any atom is 0.182 e. The van der Waals surface area contributed by atoms with E-state index in [1.807, 2.05) is 41.2 Å². The van der Waals surface area contributed by atoms with Crippen LogP contribution in [0.1, 0.15) is 25.5 Å². The molecule has 126 valence electrons. The quantitative estimate of drug-likeness (QED) is 0.472. The van der Waals surface area contributed by atoms with Gasteiger partial charge in [0.1, 0.15) is 5.75 Å². The normalized spacial score (nSPS) is 18.0. The summed E-state index contributed by atoms with van der Waals surface area (Å²) in [5, 5.41) is 7.87. The minimum absolute atomic E-state index is 0.0590. The van der Waals surface area contributed by atoms with Gasteiger partial charge in [0.25, 0.3) is 0 Å². The number of thiophene rings is 1. The van der Waals surface area contributed by atoms with Crippen molar-refractivity contribution in [1.82, 2.24) is 9.78 Å². The summed E-state index contributed by atoms with van der Waals surface area (Å²) in [4.78, 5) is 0. The number of ether oxygens (including phenoxy) is 2. The largest absolute Gasteiger partial charge is 0.447 e. The second-order valence-corrected chi connectivity index (χ2v) is 7.32. The Kier molecular flexibility index (Phi) is 3.68. The van der Waals surface area contributed by atoms with Crippen molar-refractivity contribution in [3.8, 4) is 10.8 Å². The van der Waals surface area contributed by atoms with Gasteiger partial charge in [0.2, 0.25) is 0 Å². The molecule has 2 aromatic heterocycles. The second kappa shape index (κ2) is 6.17. The molecule has 4 nitrogen and oxygen atoms in total. The van der Waals surface area contributed by atoms with E-state index < -0.39 is 0 Å². The number of nitrogens with zero attached hydrogens (tertiary/aromatic N) is 2. The summed E-state index contributed by atoms with van der Waals surface area (Å²) < 4.78 is 15.2. The van der Waals surface area contributed by atoms with E-state index in [2.05, 4.69) is 23.3 Å². The first kappa shape index (κ1) is 14.9. The number of hydrogen-bond acceptors (Lipinski definition) is 4. The molecule has 0 radical (unpaired) electrons. The van der Waals surface area contributed by atoms with Crippen molar-refractivity contribution in [2.45, 2.75) is 25.5 Å². The molecule has 0 spiro atoms. The first-order chi connectivity index (χ1) is 12.4. The van der Waals surface area contributed by atoms with E-state index in [-0.39, 0.29) is 6.23 Å². The Morgan fingerprint density at radius 1 is 1.12 bits per heavy atom. The lowest BCUT2D eigenvalue weighted by atomic mass is 10.1. The van der Waals surface area contributed by atoms with Gasteiger partial charge in [-0.05, 0) is 42.8 Å². The predicted molar refractivity (Wildman–Crippen MR) is 100 cm³/mol. The Balaban J connectivity index is 1.55. The van der Waals surface area contributed by atoms with Crippen molar-refractivity contribution in [2.75, 3.05) is 6.61 Å². The van der Waals surface area contributed by atoms with Crippen molar-refractivity contribution >= 4 is 32.3 Å². The van der Waals surface area contributed by atoms with Crippen LogP contribution in [0.5, 0.6) is 10.8 Å². The summed E-state index contributed by atoms with van der Waals surface area (Å²) in [5.74, 6) is 0.858. The van der Waals surface area contributed by atoms with Crippen LogP contribution in [0.15, 0.2) is 54.7 Å². The number of fused-ring (bicyclic) bond motifs is 3. The molecule has 0 amide bonds. The minimum atomic E-state index is 0.0590. The Morgan fingerprint density at radius 3 is 2.88 bits per heavy atom. The Labute approximate surface area is 149 Å². The molecule has 1 unspecified atom stereocenters. The molecular formula is C20H18N2O2S. The average molecular weight is 350 g/mol. The first-order valence-corrected chi connectivity index (χ1v) is 9.44. The van der Waals surface area contributed by atoms with Gasteiger partial charge in [-0.3, -0.25) is 0 Å². The van der Waals surface area contributed by atoms with Crippen LogP contribution in [0.4, 0.5) is 0 Å². The summed E-state index contributed by atoms with van der Waals surface area (Å²) in [6.45, 7) is 0.822. The molecule has 0 bridgehead atoms. The lowest BCUT2D eigenvalue weighted by molar-refractivity contribution is -0.0366. The SMILES string of the molecule is c1ccc(Oc2cc3ccc4c(cnn4C4CCCCO4)c3s2)cc1. The van der Waals surface area contributed by atoms with Crippen molar-refractivity contribution in [2.24, 2.45) is 0 Å². The van der Waals surface area contributed by atoms with Crippen LogP contribution in [0.3, 0.4) is 0 Å². The van der Waals surface area contributed by atoms with Crippen LogP contribution in [-0.2, 0) is 4.74 Å². The standard InChI is InChI=1S/C20H18N2O2S/c1-2-6-15(7-3-1)24-19-12-14-9-10-17-16(20(14)25-19)13-21-22(17)18-8-4-5-11-23-18/h1-3,6-7,9-10,12-13,18H,4-5,8,11H2. The monoisotopic (exact) mass is 350 g/mol. The summed E-state index contributed by atoms with van der Waals surface area (Å²) in [6, 6.07) is 16.3. The van der Waals surface area contributed by atoms with Gasteiger partial charge in [-0.2, -0.15) is 5.10 Å². The van der Waals surface area contributed by atoms with Crippen molar-refractivity contribution in [3.63, 3.8) is 0 Å². The number of rotatable bonds is 3. The molecule has 4 aromatic rings. The van der Waals surface area contributed by atoms with Crippen LogP contribution < -0.4 is 4.74 Å². The molecule has 3 heterocycles. The lowest BCUT2D eigenvalue weighted by Gasteiger charge is -2.23. The number of benzene rings is 2. The van der Waals surface area contributed by atoms with Gasteiger partial charge in [-0.25, -0.2) is 4.68 Å². The average Bonchev–Trinajstić information content (AvgIpc) is 3.26. The van der Waals surface area contributed by atoms with Gasteiger partial charge in [-0.1, -0.05) is 35.6 Å². The highest BCUT2D eigenvalue weighted by molar-refractivity contribution is 7.21. The fourth-order valence-electron chi connectivity index (χ4n) is 3.40. The Morgan fingerprint density at radius 2 is 2.04 bits per heavy atom. The van der Waals surface area contributed by atoms with E-state index in [0.717, 1.165) is 35.8 Å². The van der Waals surface area contributed by atoms with Crippen LogP contribution in [-0.4, -0.2) is 16.4 Å². The molecule has 0 N–H and O–H groups in total. The highest BCUT2D eigenvalue weighted by Gasteiger charge is 2.19. The van der Waals surface area contributed by atoms with Crippen LogP contribution >= 0.6 is 11.3 Å². The van der Waals surface area contributed by atoms with E-state index >= 15 is 0 Å². The van der Waals surface area contributed by atoms with Crippen LogP contribution in [0.25, 0.3) is 21.0 Å². The van der Waals surface area contributed by atoms with Gasteiger partial charge in [0.05, 0.1) is 11.7 Å². The maximum absolute atomic E-state index is 6.00. The van der Waals surface area contributed by atoms with Crippen molar-refractivity contribution in [1.29, 1.82) is 0 Å². The van der Waals surface area contributed by atoms with Gasteiger partial charge >= 0.3 is 0 Å². The third kappa shape index (κ3) is 2.69. The molecule has 1 atom stereocenters. The number of para-hydroxylation sites is 1. The second-order valence-electron chi connectivity index (χ2n) is 6.31. The van der Waals surface area contributed by atoms with Crippen LogP contribution in [0, 0.1) is 0 Å². The van der Waals surface area contributed by atoms with Crippen LogP contribution in [0.2, 0.25) is 0 Å². The number of aromatic nitrogens is 2. The van der Waals surface area contributed by atoms with E-state index in [9.17, 15) is 0 Å². The third-order valence-electron chi connectivity index (χ3n) is 4.63. The fraction of sp³-hybridized carbons (Fsp3) is 0.250. The van der Waals surface area contributed by atoms with Crippen molar-refractivity contribution < 1.29 is 9.47 Å². The molecule has 1 aliphatic rings. The molecule has 0 saturated carbocycles. The van der Waals surface area contributed by atoms with Gasteiger partial charge < -0.3 is 9.47 Å². The Bertz CT molecular complexity index is 1020. The summed E-state index contributed by atoms with van der Waals surface area (Å²) in [5.41, 5.74) is 1.13. The zero-order valence-corrected chi connectivity index (χ0v) is 14.5. The predicted octanol–water partition coefficient (Wildman–Crippen LogP) is 5.74. The molecule has 25 heavy (non-hydrogen) atoms. The molecule has 1 saturated heterocycles. The van der Waals surface area contributed by atoms with Gasteiger partial charge in [0.15, 0.2) is 11.3 Å². The molecule has 0 aliphatic carbocycles. The molecule has 1 aliphatic heterocycles. The van der Waals surface area contributed by atoms with E-state index in [1.54, 1.807) is 11.3 Å². The Hall–Kier alpha value is -2.37. The summed E-state index contributed by atoms with van der Waals surface area (Å²) >= 11 is 1.67. The topological polar surface area (TPSA) is 36.3 Å². The van der Waals surface area contributed by atoms with E-state index in [1.165, 1.54) is 21.9 Å². The molecule has 1 fully saturated rings. The first-order valence-electron chi connectivity index (χ1n) is 8.63. The maximum atomic E-state index is 6.00. The highest BCUT2D eigenvalue weighted by atomic mass is 32.1. The molecule has 5 rings (SSSR count). The molecular weight excluding hydrogens is 332 g/mol. The molecule has 2 aromatic carbocycles. The fourth-order valence-corrected chi connectivity index (χ4v) is 4.44. The van der Waals surface area contributed by atoms with Gasteiger partial charge in [-0.15, -0.1) is 0 Å². The third-order valence-corrected chi connectivity index (χ3v) is 5.69. The van der Waals surface area contributed by atoms with Gasteiger partial charge in [0, 0.05) is 22.8 Å². The van der Waals surface area contributed by atoms with E-state index in [0.29, 0.717) is 0 Å². The highest BCUT2D eigenvalue weighted by Crippen LogP contribution is 2.39. The number of hydrogen-bond donors (Lipinski definition) is 0. The molecule has 5 heteroatoms. The zero-order valence-electron chi connectivity index (χ0n) is 13.7. The van der Waals surface area contributed by atoms with E-state index in [4.69, 9.17) is 9.47 Å².